The summed E-state index contributed by atoms with van der Waals surface area (Å²) >= 11 is 0. The van der Waals surface area contributed by atoms with Crippen LogP contribution < -0.4 is 10.3 Å². The van der Waals surface area contributed by atoms with E-state index in [9.17, 15) is 14.3 Å². The Bertz CT molecular complexity index is 1080. The van der Waals surface area contributed by atoms with E-state index in [1.54, 1.807) is 43.4 Å². The summed E-state index contributed by atoms with van der Waals surface area (Å²) in [6.45, 7) is 0. The van der Waals surface area contributed by atoms with E-state index in [0.717, 1.165) is 35.0 Å². The van der Waals surface area contributed by atoms with Gasteiger partial charge in [-0.3, -0.25) is 4.79 Å². The highest BCUT2D eigenvalue weighted by Gasteiger charge is 2.36. The van der Waals surface area contributed by atoms with E-state index < -0.39 is 13.7 Å². The molecule has 2 aromatic carbocycles. The summed E-state index contributed by atoms with van der Waals surface area (Å²) in [5, 5.41) is 0.932. The normalized spacial score (nSPS) is 18.6. The van der Waals surface area contributed by atoms with Crippen molar-refractivity contribution in [3.8, 4) is 5.75 Å². The van der Waals surface area contributed by atoms with Gasteiger partial charge in [0, 0.05) is 28.2 Å². The van der Waals surface area contributed by atoms with Gasteiger partial charge >= 0.3 is 7.75 Å². The second-order valence-electron chi connectivity index (χ2n) is 7.07. The van der Waals surface area contributed by atoms with E-state index in [-0.39, 0.29) is 6.04 Å². The van der Waals surface area contributed by atoms with Crippen LogP contribution in [-0.4, -0.2) is 33.5 Å². The van der Waals surface area contributed by atoms with Crippen LogP contribution in [0.25, 0.3) is 10.9 Å². The molecule has 1 aliphatic rings. The average Bonchev–Trinajstić information content (AvgIpc) is 3.04. The standard InChI is InChI=1S/C20H22N3O4P/c1-23(28(25,26)27-15-5-3-2-4-6-15)14-8-10-19-17(12-14)16-11-13(20(21)24)7-9-18(16)22-19/h2-7,9,11,14,22H,8,10,12H2,1H3,(H2,21,24)(H,25,26). The number of nitrogens with two attached hydrogens (primary N) is 1. The summed E-state index contributed by atoms with van der Waals surface area (Å²) in [6.07, 6.45) is 2.05. The molecule has 8 heteroatoms. The molecule has 0 fully saturated rings. The molecule has 28 heavy (non-hydrogen) atoms. The van der Waals surface area contributed by atoms with E-state index in [1.165, 1.54) is 4.67 Å². The summed E-state index contributed by atoms with van der Waals surface area (Å²) in [7, 11) is -2.39. The molecule has 0 saturated heterocycles. The number of nitrogens with one attached hydrogen (secondary N) is 1. The van der Waals surface area contributed by atoms with Crippen LogP contribution in [0.3, 0.4) is 0 Å². The fourth-order valence-corrected chi connectivity index (χ4v) is 4.90. The molecule has 0 saturated carbocycles. The Morgan fingerprint density at radius 1 is 1.29 bits per heavy atom. The Kier molecular flexibility index (Phi) is 4.75. The molecule has 0 spiro atoms. The molecule has 1 amide bonds. The first-order chi connectivity index (χ1) is 13.3. The van der Waals surface area contributed by atoms with Gasteiger partial charge in [-0.05, 0) is 62.2 Å². The van der Waals surface area contributed by atoms with Crippen LogP contribution in [0.1, 0.15) is 28.0 Å². The molecular formula is C20H22N3O4P. The largest absolute Gasteiger partial charge is 0.458 e. The molecule has 1 aliphatic carbocycles. The zero-order valence-corrected chi connectivity index (χ0v) is 16.4. The Morgan fingerprint density at radius 2 is 2.04 bits per heavy atom. The zero-order chi connectivity index (χ0) is 19.9. The van der Waals surface area contributed by atoms with Crippen LogP contribution in [0.4, 0.5) is 0 Å². The number of amides is 1. The number of H-pyrrole nitrogens is 1. The Morgan fingerprint density at radius 3 is 2.75 bits per heavy atom. The highest BCUT2D eigenvalue weighted by molar-refractivity contribution is 7.50. The highest BCUT2D eigenvalue weighted by atomic mass is 31.2. The van der Waals surface area contributed by atoms with Crippen molar-refractivity contribution in [3.63, 3.8) is 0 Å². The van der Waals surface area contributed by atoms with E-state index in [1.807, 2.05) is 12.1 Å². The Balaban J connectivity index is 1.60. The van der Waals surface area contributed by atoms with Gasteiger partial charge in [0.25, 0.3) is 0 Å². The molecule has 4 rings (SSSR count). The number of aryl methyl sites for hydroxylation is 1. The second kappa shape index (κ2) is 7.09. The summed E-state index contributed by atoms with van der Waals surface area (Å²) < 4.78 is 19.7. The summed E-state index contributed by atoms with van der Waals surface area (Å²) in [6, 6.07) is 13.8. The number of rotatable bonds is 5. The molecule has 0 bridgehead atoms. The first-order valence-electron chi connectivity index (χ1n) is 9.09. The fraction of sp³-hybridized carbons (Fsp3) is 0.250. The first-order valence-corrected chi connectivity index (χ1v) is 10.6. The van der Waals surface area contributed by atoms with Crippen LogP contribution in [0.5, 0.6) is 5.75 Å². The molecule has 7 nitrogen and oxygen atoms in total. The molecule has 3 aromatic rings. The minimum atomic E-state index is -4.00. The smallest absolute Gasteiger partial charge is 0.413 e. The molecule has 0 aliphatic heterocycles. The Labute approximate surface area is 162 Å². The maximum absolute atomic E-state index is 12.8. The van der Waals surface area contributed by atoms with Gasteiger partial charge < -0.3 is 20.1 Å². The monoisotopic (exact) mass is 399 g/mol. The van der Waals surface area contributed by atoms with Gasteiger partial charge in [-0.15, -0.1) is 0 Å². The number of nitrogens with zero attached hydrogens (tertiary/aromatic N) is 1. The van der Waals surface area contributed by atoms with Crippen LogP contribution in [0.15, 0.2) is 48.5 Å². The fourth-order valence-electron chi connectivity index (χ4n) is 3.76. The third-order valence-corrected chi connectivity index (χ3v) is 6.91. The number of aromatic nitrogens is 1. The van der Waals surface area contributed by atoms with Crippen molar-refractivity contribution in [2.45, 2.75) is 25.3 Å². The molecule has 0 radical (unpaired) electrons. The topological polar surface area (TPSA) is 109 Å². The van der Waals surface area contributed by atoms with E-state index in [0.29, 0.717) is 17.7 Å². The molecule has 1 aromatic heterocycles. The molecule has 2 unspecified atom stereocenters. The van der Waals surface area contributed by atoms with Crippen molar-refractivity contribution < 1.29 is 18.8 Å². The number of carbonyl (C=O) groups excluding carboxylic acids is 1. The molecular weight excluding hydrogens is 377 g/mol. The molecule has 146 valence electrons. The van der Waals surface area contributed by atoms with Crippen LogP contribution >= 0.6 is 7.75 Å². The van der Waals surface area contributed by atoms with Gasteiger partial charge in [0.2, 0.25) is 5.91 Å². The van der Waals surface area contributed by atoms with Crippen molar-refractivity contribution in [3.05, 3.63) is 65.4 Å². The summed E-state index contributed by atoms with van der Waals surface area (Å²) in [4.78, 5) is 25.4. The zero-order valence-electron chi connectivity index (χ0n) is 15.5. The third kappa shape index (κ3) is 3.44. The number of carbonyl (C=O) groups is 1. The maximum Gasteiger partial charge on any atom is 0.458 e. The predicted octanol–water partition coefficient (Wildman–Crippen LogP) is 3.24. The van der Waals surface area contributed by atoms with Crippen LogP contribution in [0.2, 0.25) is 0 Å². The lowest BCUT2D eigenvalue weighted by Gasteiger charge is -2.33. The van der Waals surface area contributed by atoms with Gasteiger partial charge in [-0.1, -0.05) is 18.2 Å². The maximum atomic E-state index is 12.8. The second-order valence-corrected chi connectivity index (χ2v) is 8.87. The molecule has 1 heterocycles. The van der Waals surface area contributed by atoms with Gasteiger partial charge in [-0.25, -0.2) is 4.57 Å². The van der Waals surface area contributed by atoms with Gasteiger partial charge in [0.05, 0.1) is 0 Å². The van der Waals surface area contributed by atoms with Gasteiger partial charge in [-0.2, -0.15) is 4.67 Å². The molecule has 2 atom stereocenters. The Hall–Kier alpha value is -2.60. The van der Waals surface area contributed by atoms with E-state index in [4.69, 9.17) is 10.3 Å². The van der Waals surface area contributed by atoms with Crippen molar-refractivity contribution in [2.24, 2.45) is 5.73 Å². The summed E-state index contributed by atoms with van der Waals surface area (Å²) in [5.74, 6) is -0.118. The lowest BCUT2D eigenvalue weighted by Crippen LogP contribution is -2.35. The lowest BCUT2D eigenvalue weighted by atomic mass is 9.91. The van der Waals surface area contributed by atoms with Gasteiger partial charge in [0.15, 0.2) is 0 Å². The van der Waals surface area contributed by atoms with Crippen molar-refractivity contribution in [2.75, 3.05) is 7.05 Å². The highest BCUT2D eigenvalue weighted by Crippen LogP contribution is 2.48. The van der Waals surface area contributed by atoms with Crippen molar-refractivity contribution >= 4 is 24.6 Å². The minimum Gasteiger partial charge on any atom is -0.413 e. The number of hydrogen-bond donors (Lipinski definition) is 3. The number of hydrogen-bond acceptors (Lipinski definition) is 3. The number of fused-ring (bicyclic) bond motifs is 3. The quantitative estimate of drug-likeness (QED) is 0.571. The number of likely N-dealkylation sites (N-methyl/N-ethyl adjacent to an activating group) is 1. The summed E-state index contributed by atoms with van der Waals surface area (Å²) in [5.41, 5.74) is 8.95. The van der Waals surface area contributed by atoms with E-state index >= 15 is 0 Å². The minimum absolute atomic E-state index is 0.164. The van der Waals surface area contributed by atoms with Gasteiger partial charge in [0.1, 0.15) is 5.75 Å². The molecule has 4 N–H and O–H groups in total. The number of para-hydroxylation sites is 1. The third-order valence-electron chi connectivity index (χ3n) is 5.34. The van der Waals surface area contributed by atoms with Crippen molar-refractivity contribution in [1.82, 2.24) is 9.65 Å². The average molecular weight is 399 g/mol. The number of benzene rings is 2. The lowest BCUT2D eigenvalue weighted by molar-refractivity contribution is 0.100. The first kappa shape index (κ1) is 18.7. The number of primary amides is 1. The van der Waals surface area contributed by atoms with E-state index in [2.05, 4.69) is 4.98 Å². The SMILES string of the molecule is CN(C1CCc2[nH]c3ccc(C(N)=O)cc3c2C1)P(=O)(O)Oc1ccccc1. The van der Waals surface area contributed by atoms with Crippen molar-refractivity contribution in [1.29, 1.82) is 0 Å². The number of aromatic amines is 1. The van der Waals surface area contributed by atoms with Crippen LogP contribution in [-0.2, 0) is 17.4 Å². The predicted molar refractivity (Wildman–Crippen MR) is 107 cm³/mol. The van der Waals surface area contributed by atoms with Crippen LogP contribution in [0, 0.1) is 0 Å².